The molecular weight excluding hydrogens is 358 g/mol. The van der Waals surface area contributed by atoms with E-state index < -0.39 is 0 Å². The highest BCUT2D eigenvalue weighted by Gasteiger charge is 2.45. The molecule has 1 aromatic carbocycles. The number of rotatable bonds is 2. The molecule has 132 valence electrons. The number of nitrogens with zero attached hydrogens (tertiary/aromatic N) is 1. The third kappa shape index (κ3) is 3.09. The Morgan fingerprint density at radius 3 is 3.08 bits per heavy atom. The van der Waals surface area contributed by atoms with Crippen LogP contribution in [-0.2, 0) is 11.3 Å². The van der Waals surface area contributed by atoms with Gasteiger partial charge in [0.25, 0.3) is 0 Å². The SMILES string of the molecule is Cc1c(CNC(=O)N2CCC3(CNC(=O)C3)C2)sc2ccc(Cl)cc12. The molecular formula is C18H20ClN3O2S. The van der Waals surface area contributed by atoms with Gasteiger partial charge >= 0.3 is 6.03 Å². The van der Waals surface area contributed by atoms with E-state index >= 15 is 0 Å². The van der Waals surface area contributed by atoms with Crippen molar-refractivity contribution in [3.63, 3.8) is 0 Å². The van der Waals surface area contributed by atoms with Crippen LogP contribution in [0.4, 0.5) is 4.79 Å². The predicted molar refractivity (Wildman–Crippen MR) is 100 cm³/mol. The number of fused-ring (bicyclic) bond motifs is 1. The number of amides is 3. The van der Waals surface area contributed by atoms with E-state index in [-0.39, 0.29) is 17.4 Å². The average Bonchev–Trinajstić information content (AvgIpc) is 3.25. The molecule has 2 aromatic rings. The third-order valence-electron chi connectivity index (χ3n) is 5.32. The standard InChI is InChI=1S/C18H20ClN3O2S/c1-11-13-6-12(19)2-3-14(13)25-15(11)8-20-17(24)22-5-4-18(10-22)7-16(23)21-9-18/h2-3,6H,4-5,7-10H2,1H3,(H,20,24)(H,21,23). The lowest BCUT2D eigenvalue weighted by molar-refractivity contribution is -0.119. The van der Waals surface area contributed by atoms with Crippen LogP contribution in [0.5, 0.6) is 0 Å². The molecule has 0 bridgehead atoms. The van der Waals surface area contributed by atoms with E-state index in [1.54, 1.807) is 11.3 Å². The Bertz CT molecular complexity index is 865. The molecule has 0 saturated carbocycles. The highest BCUT2D eigenvalue weighted by atomic mass is 35.5. The second-order valence-electron chi connectivity index (χ2n) is 7.07. The number of nitrogens with one attached hydrogen (secondary N) is 2. The van der Waals surface area contributed by atoms with E-state index in [4.69, 9.17) is 11.6 Å². The van der Waals surface area contributed by atoms with Crippen molar-refractivity contribution in [1.82, 2.24) is 15.5 Å². The number of benzene rings is 1. The van der Waals surface area contributed by atoms with E-state index in [0.717, 1.165) is 21.7 Å². The minimum atomic E-state index is -0.0568. The smallest absolute Gasteiger partial charge is 0.317 e. The topological polar surface area (TPSA) is 61.4 Å². The quantitative estimate of drug-likeness (QED) is 0.843. The van der Waals surface area contributed by atoms with E-state index in [9.17, 15) is 9.59 Å². The van der Waals surface area contributed by atoms with Crippen molar-refractivity contribution in [2.24, 2.45) is 5.41 Å². The van der Waals surface area contributed by atoms with Gasteiger partial charge in [-0.25, -0.2) is 4.79 Å². The van der Waals surface area contributed by atoms with Gasteiger partial charge in [0.15, 0.2) is 0 Å². The molecule has 3 heterocycles. The van der Waals surface area contributed by atoms with Crippen molar-refractivity contribution in [2.45, 2.75) is 26.3 Å². The first kappa shape index (κ1) is 16.7. The summed E-state index contributed by atoms with van der Waals surface area (Å²) in [5.41, 5.74) is 1.12. The summed E-state index contributed by atoms with van der Waals surface area (Å²) in [5, 5.41) is 7.80. The fraction of sp³-hybridized carbons (Fsp3) is 0.444. The normalized spacial score (nSPS) is 22.8. The number of carbonyl (C=O) groups is 2. The van der Waals surface area contributed by atoms with Crippen molar-refractivity contribution < 1.29 is 9.59 Å². The Kier molecular flexibility index (Phi) is 4.12. The summed E-state index contributed by atoms with van der Waals surface area (Å²) in [4.78, 5) is 27.0. The zero-order valence-electron chi connectivity index (χ0n) is 14.0. The van der Waals surface area contributed by atoms with Gasteiger partial charge in [0.05, 0.1) is 6.54 Å². The summed E-state index contributed by atoms with van der Waals surface area (Å²) < 4.78 is 1.18. The first-order valence-corrected chi connectivity index (χ1v) is 9.62. The van der Waals surface area contributed by atoms with Crippen molar-refractivity contribution in [1.29, 1.82) is 0 Å². The minimum Gasteiger partial charge on any atom is -0.355 e. The monoisotopic (exact) mass is 377 g/mol. The van der Waals surface area contributed by atoms with Crippen molar-refractivity contribution in [2.75, 3.05) is 19.6 Å². The van der Waals surface area contributed by atoms with Crippen molar-refractivity contribution in [3.05, 3.63) is 33.7 Å². The molecule has 2 aliphatic heterocycles. The molecule has 25 heavy (non-hydrogen) atoms. The molecule has 2 saturated heterocycles. The molecule has 2 fully saturated rings. The minimum absolute atomic E-state index is 0.0499. The van der Waals surface area contributed by atoms with Gasteiger partial charge in [-0.15, -0.1) is 11.3 Å². The Hall–Kier alpha value is -1.79. The van der Waals surface area contributed by atoms with E-state index in [1.165, 1.54) is 10.3 Å². The summed E-state index contributed by atoms with van der Waals surface area (Å²) in [6.45, 7) is 4.63. The zero-order valence-corrected chi connectivity index (χ0v) is 15.6. The van der Waals surface area contributed by atoms with E-state index in [1.807, 2.05) is 23.1 Å². The number of urea groups is 1. The maximum atomic E-state index is 12.5. The maximum Gasteiger partial charge on any atom is 0.317 e. The average molecular weight is 378 g/mol. The maximum absolute atomic E-state index is 12.5. The summed E-state index contributed by atoms with van der Waals surface area (Å²) in [6, 6.07) is 5.84. The Labute approximate surface area is 155 Å². The second kappa shape index (κ2) is 6.18. The molecule has 0 aliphatic carbocycles. The van der Waals surface area contributed by atoms with Gasteiger partial charge in [-0.2, -0.15) is 0 Å². The summed E-state index contributed by atoms with van der Waals surface area (Å²) >= 11 is 7.77. The fourth-order valence-electron chi connectivity index (χ4n) is 3.83. The van der Waals surface area contributed by atoms with Gasteiger partial charge < -0.3 is 15.5 Å². The van der Waals surface area contributed by atoms with Crippen LogP contribution in [0.15, 0.2) is 18.2 Å². The van der Waals surface area contributed by atoms with E-state index in [0.29, 0.717) is 32.6 Å². The fourth-order valence-corrected chi connectivity index (χ4v) is 5.13. The number of hydrogen-bond acceptors (Lipinski definition) is 3. The number of aryl methyl sites for hydroxylation is 1. The number of thiophene rings is 1. The molecule has 3 amide bonds. The van der Waals surface area contributed by atoms with Gasteiger partial charge in [-0.1, -0.05) is 11.6 Å². The van der Waals surface area contributed by atoms with Crippen LogP contribution in [0, 0.1) is 12.3 Å². The lowest BCUT2D eigenvalue weighted by Gasteiger charge is -2.22. The molecule has 1 unspecified atom stereocenters. The Morgan fingerprint density at radius 1 is 1.48 bits per heavy atom. The van der Waals surface area contributed by atoms with Gasteiger partial charge in [-0.3, -0.25) is 4.79 Å². The lowest BCUT2D eigenvalue weighted by Crippen LogP contribution is -2.39. The number of hydrogen-bond donors (Lipinski definition) is 2. The van der Waals surface area contributed by atoms with Crippen molar-refractivity contribution in [3.8, 4) is 0 Å². The van der Waals surface area contributed by atoms with Gasteiger partial charge in [0.2, 0.25) is 5.91 Å². The largest absolute Gasteiger partial charge is 0.355 e. The molecule has 2 N–H and O–H groups in total. The molecule has 1 spiro atoms. The van der Waals surface area contributed by atoms with E-state index in [2.05, 4.69) is 17.6 Å². The molecule has 1 aromatic heterocycles. The van der Waals surface area contributed by atoms with Crippen LogP contribution in [0.2, 0.25) is 5.02 Å². The third-order valence-corrected chi connectivity index (χ3v) is 6.83. The summed E-state index contributed by atoms with van der Waals surface area (Å²) in [6.07, 6.45) is 1.42. The van der Waals surface area contributed by atoms with Gasteiger partial charge in [-0.05, 0) is 42.5 Å². The highest BCUT2D eigenvalue weighted by molar-refractivity contribution is 7.19. The highest BCUT2D eigenvalue weighted by Crippen LogP contribution is 2.36. The second-order valence-corrected chi connectivity index (χ2v) is 8.65. The van der Waals surface area contributed by atoms with Crippen LogP contribution >= 0.6 is 22.9 Å². The Morgan fingerprint density at radius 2 is 2.32 bits per heavy atom. The summed E-state index contributed by atoms with van der Waals surface area (Å²) in [5.74, 6) is 0.0989. The van der Waals surface area contributed by atoms with Gasteiger partial charge in [0, 0.05) is 46.1 Å². The molecule has 0 radical (unpaired) electrons. The molecule has 4 rings (SSSR count). The first-order valence-electron chi connectivity index (χ1n) is 8.43. The number of halogens is 1. The van der Waals surface area contributed by atoms with Crippen LogP contribution in [0.25, 0.3) is 10.1 Å². The Balaban J connectivity index is 1.41. The zero-order chi connectivity index (χ0) is 17.6. The predicted octanol–water partition coefficient (Wildman–Crippen LogP) is 3.28. The first-order chi connectivity index (χ1) is 12.0. The molecule has 1 atom stereocenters. The van der Waals surface area contributed by atoms with Gasteiger partial charge in [0.1, 0.15) is 0 Å². The molecule has 5 nitrogen and oxygen atoms in total. The van der Waals surface area contributed by atoms with Crippen molar-refractivity contribution >= 4 is 45.0 Å². The summed E-state index contributed by atoms with van der Waals surface area (Å²) in [7, 11) is 0. The van der Waals surface area contributed by atoms with Crippen LogP contribution < -0.4 is 10.6 Å². The molecule has 7 heteroatoms. The van der Waals surface area contributed by atoms with Crippen LogP contribution in [-0.4, -0.2) is 36.5 Å². The molecule has 2 aliphatic rings. The van der Waals surface area contributed by atoms with Crippen LogP contribution in [0.1, 0.15) is 23.3 Å². The van der Waals surface area contributed by atoms with Crippen LogP contribution in [0.3, 0.4) is 0 Å². The number of carbonyl (C=O) groups excluding carboxylic acids is 2. The number of likely N-dealkylation sites (tertiary alicyclic amines) is 1. The lowest BCUT2D eigenvalue weighted by atomic mass is 9.86.